The Hall–Kier alpha value is -4.19. The minimum absolute atomic E-state index is 0.00553. The summed E-state index contributed by atoms with van der Waals surface area (Å²) in [6, 6.07) is 9.20. The number of carbonyl (C=O) groups excluding carboxylic acids is 4. The summed E-state index contributed by atoms with van der Waals surface area (Å²) in [5, 5.41) is 44.8. The molecular formula is C28H25ClN2O9. The molecule has 0 aromatic heterocycles. The molecule has 40 heavy (non-hydrogen) atoms. The topological polar surface area (TPSA) is 188 Å². The van der Waals surface area contributed by atoms with E-state index in [1.807, 2.05) is 0 Å². The molecule has 0 saturated carbocycles. The lowest BCUT2D eigenvalue weighted by atomic mass is 9.58. The first-order valence-electron chi connectivity index (χ1n) is 12.2. The zero-order chi connectivity index (χ0) is 29.3. The molecule has 12 heteroatoms. The average Bonchev–Trinajstić information content (AvgIpc) is 2.90. The monoisotopic (exact) mass is 568 g/mol. The molecule has 0 aliphatic heterocycles. The van der Waals surface area contributed by atoms with E-state index in [0.717, 1.165) is 6.07 Å². The van der Waals surface area contributed by atoms with Crippen molar-refractivity contribution in [1.29, 1.82) is 0 Å². The van der Waals surface area contributed by atoms with Crippen molar-refractivity contribution in [3.05, 3.63) is 86.8 Å². The van der Waals surface area contributed by atoms with Gasteiger partial charge in [-0.2, -0.15) is 0 Å². The number of hydrogen-bond acceptors (Lipinski definition) is 10. The van der Waals surface area contributed by atoms with Gasteiger partial charge in [0.05, 0.1) is 17.2 Å². The molecule has 2 aromatic carbocycles. The number of amides is 1. The van der Waals surface area contributed by atoms with E-state index in [1.165, 1.54) is 37.2 Å². The van der Waals surface area contributed by atoms with Crippen LogP contribution in [0, 0.1) is 11.8 Å². The molecule has 0 heterocycles. The zero-order valence-corrected chi connectivity index (χ0v) is 22.0. The van der Waals surface area contributed by atoms with Crippen LogP contribution in [0.1, 0.15) is 38.8 Å². The molecule has 1 amide bonds. The van der Waals surface area contributed by atoms with Crippen LogP contribution in [-0.2, 0) is 14.3 Å². The second kappa shape index (κ2) is 9.47. The fourth-order valence-corrected chi connectivity index (χ4v) is 6.39. The normalized spacial score (nSPS) is 27.7. The van der Waals surface area contributed by atoms with Crippen molar-refractivity contribution in [2.45, 2.75) is 24.2 Å². The molecule has 5 rings (SSSR count). The van der Waals surface area contributed by atoms with Gasteiger partial charge < -0.3 is 30.9 Å². The lowest BCUT2D eigenvalue weighted by Gasteiger charge is -2.51. The third-order valence-electron chi connectivity index (χ3n) is 7.86. The maximum atomic E-state index is 13.8. The van der Waals surface area contributed by atoms with Gasteiger partial charge in [-0.3, -0.25) is 19.3 Å². The van der Waals surface area contributed by atoms with Crippen molar-refractivity contribution in [1.82, 2.24) is 4.90 Å². The molecule has 0 bridgehead atoms. The first-order valence-corrected chi connectivity index (χ1v) is 12.6. The highest BCUT2D eigenvalue weighted by Gasteiger charge is 2.64. The summed E-state index contributed by atoms with van der Waals surface area (Å²) in [6.45, 7) is 0. The molecule has 0 spiro atoms. The zero-order valence-electron chi connectivity index (χ0n) is 21.3. The molecule has 208 valence electrons. The van der Waals surface area contributed by atoms with Crippen molar-refractivity contribution in [3.8, 4) is 5.75 Å². The second-order valence-corrected chi connectivity index (χ2v) is 10.6. The first-order chi connectivity index (χ1) is 18.8. The molecule has 6 N–H and O–H groups in total. The maximum Gasteiger partial charge on any atom is 0.338 e. The van der Waals surface area contributed by atoms with E-state index in [-0.39, 0.29) is 28.1 Å². The molecular weight excluding hydrogens is 544 g/mol. The number of phenols is 1. The van der Waals surface area contributed by atoms with Crippen molar-refractivity contribution in [2.75, 3.05) is 14.1 Å². The van der Waals surface area contributed by atoms with Crippen LogP contribution in [0.25, 0.3) is 0 Å². The number of aliphatic hydroxyl groups excluding tert-OH is 2. The van der Waals surface area contributed by atoms with Crippen molar-refractivity contribution >= 4 is 35.0 Å². The van der Waals surface area contributed by atoms with Crippen LogP contribution in [0.2, 0.25) is 5.02 Å². The number of phenolic OH excluding ortho intramolecular Hbond substituents is 1. The van der Waals surface area contributed by atoms with Crippen LogP contribution in [0.4, 0.5) is 0 Å². The van der Waals surface area contributed by atoms with Gasteiger partial charge in [0.1, 0.15) is 28.9 Å². The number of hydrogen-bond donors (Lipinski definition) is 5. The van der Waals surface area contributed by atoms with Crippen LogP contribution >= 0.6 is 11.6 Å². The fourth-order valence-electron chi connectivity index (χ4n) is 6.12. The predicted molar refractivity (Wildman–Crippen MR) is 140 cm³/mol. The maximum absolute atomic E-state index is 13.8. The van der Waals surface area contributed by atoms with E-state index in [1.54, 1.807) is 18.2 Å². The molecule has 5 atom stereocenters. The summed E-state index contributed by atoms with van der Waals surface area (Å²) in [7, 11) is 3.02. The molecule has 11 nitrogen and oxygen atoms in total. The largest absolute Gasteiger partial charge is 0.510 e. The number of carbonyl (C=O) groups is 4. The number of Topliss-reactive ketones (excluding diaryl/α,β-unsaturated/α-hetero) is 2. The summed E-state index contributed by atoms with van der Waals surface area (Å²) in [4.78, 5) is 54.0. The summed E-state index contributed by atoms with van der Waals surface area (Å²) in [5.41, 5.74) is 0.888. The number of aromatic hydroxyl groups is 1. The number of benzene rings is 2. The van der Waals surface area contributed by atoms with Crippen LogP contribution in [0.15, 0.2) is 65.1 Å². The SMILES string of the molecule is CN(C)[C@@H]1C(O)=C(C(N)=O)C(=O)[C@@]2(O)C(O)=C3C(=O)c4c(O)ccc(Cl)c4[C@@H](OC(=O)c4ccccc4)[C@H]3C[C@@H]12. The van der Waals surface area contributed by atoms with E-state index in [2.05, 4.69) is 0 Å². The second-order valence-electron chi connectivity index (χ2n) is 10.2. The Bertz CT molecular complexity index is 1550. The Morgan fingerprint density at radius 2 is 1.73 bits per heavy atom. The van der Waals surface area contributed by atoms with Gasteiger partial charge in [-0.25, -0.2) is 4.79 Å². The van der Waals surface area contributed by atoms with Gasteiger partial charge in [-0.05, 0) is 44.8 Å². The highest BCUT2D eigenvalue weighted by atomic mass is 35.5. The van der Waals surface area contributed by atoms with Crippen molar-refractivity contribution < 1.29 is 44.3 Å². The Morgan fingerprint density at radius 1 is 1.07 bits per heavy atom. The molecule has 0 unspecified atom stereocenters. The predicted octanol–water partition coefficient (Wildman–Crippen LogP) is 2.13. The number of halogens is 1. The van der Waals surface area contributed by atoms with E-state index in [4.69, 9.17) is 22.1 Å². The van der Waals surface area contributed by atoms with E-state index < -0.39 is 81.4 Å². The van der Waals surface area contributed by atoms with Gasteiger partial charge in [-0.1, -0.05) is 29.8 Å². The first kappa shape index (κ1) is 27.4. The minimum atomic E-state index is -2.84. The standard InChI is InChI=1S/C28H25ClN2O9/c1-31(2)20-13-10-12-16(24(35)28(13,39)25(36)19(22(20)34)26(30)37)21(33)18-15(32)9-8-14(29)17(18)23(12)40-27(38)11-6-4-3-5-7-11/h3-9,12-13,20,23,32,34-35,39H,10H2,1-2H3,(H2,30,37)/t12-,13-,20-,23-,28-/m0/s1. The molecule has 0 fully saturated rings. The lowest BCUT2D eigenvalue weighted by Crippen LogP contribution is -2.64. The summed E-state index contributed by atoms with van der Waals surface area (Å²) >= 11 is 6.47. The van der Waals surface area contributed by atoms with Crippen molar-refractivity contribution in [2.24, 2.45) is 17.6 Å². The van der Waals surface area contributed by atoms with Crippen LogP contribution in [0.5, 0.6) is 5.75 Å². The number of ketones is 2. The van der Waals surface area contributed by atoms with Gasteiger partial charge >= 0.3 is 5.97 Å². The summed E-state index contributed by atoms with van der Waals surface area (Å²) in [5.74, 6) is -9.29. The molecule has 3 aliphatic rings. The Kier molecular flexibility index (Phi) is 6.48. The van der Waals surface area contributed by atoms with Crippen molar-refractivity contribution in [3.63, 3.8) is 0 Å². The fraction of sp³-hybridized carbons (Fsp3) is 0.286. The van der Waals surface area contributed by atoms with Gasteiger partial charge in [0.25, 0.3) is 5.91 Å². The highest BCUT2D eigenvalue weighted by molar-refractivity contribution is 6.33. The highest BCUT2D eigenvalue weighted by Crippen LogP contribution is 2.56. The third kappa shape index (κ3) is 3.73. The third-order valence-corrected chi connectivity index (χ3v) is 8.19. The van der Waals surface area contributed by atoms with Gasteiger partial charge in [0.15, 0.2) is 11.4 Å². The van der Waals surface area contributed by atoms with E-state index in [9.17, 15) is 39.6 Å². The van der Waals surface area contributed by atoms with Crippen LogP contribution < -0.4 is 5.73 Å². The average molecular weight is 569 g/mol. The number of nitrogens with two attached hydrogens (primary N) is 1. The number of aliphatic hydroxyl groups is 3. The minimum Gasteiger partial charge on any atom is -0.510 e. The number of fused-ring (bicyclic) bond motifs is 3. The number of rotatable bonds is 4. The van der Waals surface area contributed by atoms with Crippen LogP contribution in [-0.4, -0.2) is 74.5 Å². The van der Waals surface area contributed by atoms with Gasteiger partial charge in [0, 0.05) is 28.0 Å². The van der Waals surface area contributed by atoms with E-state index in [0.29, 0.717) is 0 Å². The number of esters is 1. The quantitative estimate of drug-likeness (QED) is 0.270. The Morgan fingerprint density at radius 3 is 2.33 bits per heavy atom. The number of primary amides is 1. The van der Waals surface area contributed by atoms with Gasteiger partial charge in [-0.15, -0.1) is 0 Å². The molecule has 0 saturated heterocycles. The number of ether oxygens (including phenoxy) is 1. The molecule has 3 aliphatic carbocycles. The number of nitrogens with zero attached hydrogens (tertiary/aromatic N) is 1. The lowest BCUT2D eigenvalue weighted by molar-refractivity contribution is -0.149. The molecule has 0 radical (unpaired) electrons. The Balaban J connectivity index is 1.76. The van der Waals surface area contributed by atoms with Gasteiger partial charge in [0.2, 0.25) is 5.78 Å². The summed E-state index contributed by atoms with van der Waals surface area (Å²) < 4.78 is 5.87. The molecule has 2 aromatic rings. The van der Waals surface area contributed by atoms with Crippen LogP contribution in [0.3, 0.4) is 0 Å². The van der Waals surface area contributed by atoms with E-state index >= 15 is 0 Å². The Labute approximate surface area is 232 Å². The smallest absolute Gasteiger partial charge is 0.338 e. The number of likely N-dealkylation sites (N-methyl/N-ethyl adjacent to an activating group) is 1. The summed E-state index contributed by atoms with van der Waals surface area (Å²) in [6.07, 6.45) is -1.65.